The lowest BCUT2D eigenvalue weighted by Crippen LogP contribution is -2.38. The van der Waals surface area contributed by atoms with E-state index < -0.39 is 29.0 Å². The zero-order valence-electron chi connectivity index (χ0n) is 15.3. The van der Waals surface area contributed by atoms with E-state index >= 15 is 0 Å². The number of rotatable bonds is 8. The van der Waals surface area contributed by atoms with Gasteiger partial charge in [0.1, 0.15) is 0 Å². The Balaban J connectivity index is 1.99. The molecule has 2 rings (SSSR count). The molecule has 2 aromatic rings. The zero-order chi connectivity index (χ0) is 20.7. The number of carbonyl (C=O) groups excluding carboxylic acids is 2. The van der Waals surface area contributed by atoms with E-state index in [0.29, 0.717) is 30.5 Å². The maximum Gasteiger partial charge on any atom is 0.244 e. The summed E-state index contributed by atoms with van der Waals surface area (Å²) in [5.41, 5.74) is 0.339. The van der Waals surface area contributed by atoms with Crippen molar-refractivity contribution in [3.8, 4) is 0 Å². The molecule has 8 heteroatoms. The quantitative estimate of drug-likeness (QED) is 0.646. The molecule has 2 amide bonds. The van der Waals surface area contributed by atoms with E-state index in [0.717, 1.165) is 11.6 Å². The molecule has 0 aliphatic carbocycles. The van der Waals surface area contributed by atoms with Crippen molar-refractivity contribution >= 4 is 29.1 Å². The van der Waals surface area contributed by atoms with Crippen LogP contribution in [0.2, 0.25) is 5.02 Å². The third-order valence-corrected chi connectivity index (χ3v) is 4.42. The molecule has 1 N–H and O–H groups in total. The van der Waals surface area contributed by atoms with Crippen molar-refractivity contribution < 1.29 is 22.8 Å². The Kier molecular flexibility index (Phi) is 7.87. The lowest BCUT2D eigenvalue weighted by Gasteiger charge is -2.22. The maximum absolute atomic E-state index is 13.7. The Bertz CT molecular complexity index is 861. The molecule has 4 nitrogen and oxygen atoms in total. The highest BCUT2D eigenvalue weighted by atomic mass is 35.5. The van der Waals surface area contributed by atoms with Gasteiger partial charge in [0.05, 0.1) is 12.2 Å². The third-order valence-electron chi connectivity index (χ3n) is 4.06. The lowest BCUT2D eigenvalue weighted by atomic mass is 10.1. The second kappa shape index (κ2) is 10.1. The van der Waals surface area contributed by atoms with Crippen LogP contribution in [0.5, 0.6) is 0 Å². The third kappa shape index (κ3) is 5.73. The first-order chi connectivity index (χ1) is 13.3. The van der Waals surface area contributed by atoms with E-state index in [-0.39, 0.29) is 18.9 Å². The van der Waals surface area contributed by atoms with Crippen molar-refractivity contribution in [1.29, 1.82) is 0 Å². The first kappa shape index (κ1) is 21.8. The van der Waals surface area contributed by atoms with Crippen molar-refractivity contribution in [3.63, 3.8) is 0 Å². The Morgan fingerprint density at radius 2 is 1.79 bits per heavy atom. The zero-order valence-corrected chi connectivity index (χ0v) is 16.0. The minimum Gasteiger partial charge on any atom is -0.333 e. The lowest BCUT2D eigenvalue weighted by molar-refractivity contribution is -0.134. The first-order valence-corrected chi connectivity index (χ1v) is 9.15. The molecule has 0 bridgehead atoms. The van der Waals surface area contributed by atoms with Crippen LogP contribution in [0.1, 0.15) is 25.3 Å². The molecule has 0 radical (unpaired) electrons. The number of halogens is 4. The van der Waals surface area contributed by atoms with Crippen LogP contribution in [0.25, 0.3) is 0 Å². The predicted octanol–water partition coefficient (Wildman–Crippen LogP) is 4.57. The van der Waals surface area contributed by atoms with Gasteiger partial charge in [-0.05, 0) is 36.6 Å². The highest BCUT2D eigenvalue weighted by Crippen LogP contribution is 2.20. The molecule has 0 unspecified atom stereocenters. The number of nitrogens with one attached hydrogen (secondary N) is 1. The molecule has 150 valence electrons. The van der Waals surface area contributed by atoms with Crippen LogP contribution in [0.4, 0.5) is 18.9 Å². The average Bonchev–Trinajstić information content (AvgIpc) is 2.67. The van der Waals surface area contributed by atoms with E-state index in [1.54, 1.807) is 12.1 Å². The summed E-state index contributed by atoms with van der Waals surface area (Å²) in [5, 5.41) is 2.73. The van der Waals surface area contributed by atoms with Gasteiger partial charge in [0, 0.05) is 18.0 Å². The Labute approximate surface area is 166 Å². The molecule has 0 atom stereocenters. The standard InChI is InChI=1S/C20H20ClF3N2O2/c1-2-11-26(18(28)10-7-13-5-3-4-6-14(13)21)12-17(27)25-16-9-8-15(22)19(23)20(16)24/h3-6,8-9H,2,7,10-12H2,1H3,(H,25,27). The van der Waals surface area contributed by atoms with Crippen LogP contribution in [-0.4, -0.2) is 29.8 Å². The maximum atomic E-state index is 13.7. The minimum absolute atomic E-state index is 0.149. The van der Waals surface area contributed by atoms with Crippen LogP contribution in [0.3, 0.4) is 0 Å². The molecule has 0 saturated heterocycles. The van der Waals surface area contributed by atoms with Crippen LogP contribution in [-0.2, 0) is 16.0 Å². The SMILES string of the molecule is CCCN(CC(=O)Nc1ccc(F)c(F)c1F)C(=O)CCc1ccccc1Cl. The van der Waals surface area contributed by atoms with Crippen molar-refractivity contribution in [2.75, 3.05) is 18.4 Å². The molecule has 28 heavy (non-hydrogen) atoms. The summed E-state index contributed by atoms with van der Waals surface area (Å²) in [6, 6.07) is 8.80. The van der Waals surface area contributed by atoms with Crippen molar-refractivity contribution in [2.24, 2.45) is 0 Å². The van der Waals surface area contributed by atoms with Gasteiger partial charge in [0.2, 0.25) is 11.8 Å². The van der Waals surface area contributed by atoms with E-state index in [2.05, 4.69) is 5.32 Å². The van der Waals surface area contributed by atoms with Crippen molar-refractivity contribution in [1.82, 2.24) is 4.90 Å². The average molecular weight is 413 g/mol. The van der Waals surface area contributed by atoms with Crippen LogP contribution in [0.15, 0.2) is 36.4 Å². The van der Waals surface area contributed by atoms with Gasteiger partial charge in [-0.2, -0.15) is 0 Å². The molecular weight excluding hydrogens is 393 g/mol. The molecule has 0 spiro atoms. The number of anilines is 1. The largest absolute Gasteiger partial charge is 0.333 e. The summed E-state index contributed by atoms with van der Waals surface area (Å²) in [7, 11) is 0. The number of amides is 2. The van der Waals surface area contributed by atoms with Gasteiger partial charge in [-0.25, -0.2) is 13.2 Å². The molecule has 0 saturated carbocycles. The highest BCUT2D eigenvalue weighted by Gasteiger charge is 2.19. The van der Waals surface area contributed by atoms with Crippen molar-refractivity contribution in [3.05, 3.63) is 64.4 Å². The van der Waals surface area contributed by atoms with Gasteiger partial charge in [-0.3, -0.25) is 9.59 Å². The summed E-state index contributed by atoms with van der Waals surface area (Å²) < 4.78 is 39.9. The van der Waals surface area contributed by atoms with Gasteiger partial charge in [-0.15, -0.1) is 0 Å². The number of carbonyl (C=O) groups is 2. The Morgan fingerprint density at radius 3 is 2.46 bits per heavy atom. The topological polar surface area (TPSA) is 49.4 Å². The summed E-state index contributed by atoms with van der Waals surface area (Å²) in [4.78, 5) is 26.0. The van der Waals surface area contributed by atoms with Crippen LogP contribution in [0, 0.1) is 17.5 Å². The van der Waals surface area contributed by atoms with E-state index in [1.807, 2.05) is 19.1 Å². The summed E-state index contributed by atoms with van der Waals surface area (Å²) in [6.45, 7) is 1.85. The number of aryl methyl sites for hydroxylation is 1. The van der Waals surface area contributed by atoms with E-state index in [1.165, 1.54) is 4.90 Å². The number of benzene rings is 2. The summed E-state index contributed by atoms with van der Waals surface area (Å²) in [5.74, 6) is -5.47. The molecular formula is C20H20ClF3N2O2. The molecule has 0 fully saturated rings. The number of hydrogen-bond acceptors (Lipinski definition) is 2. The van der Waals surface area contributed by atoms with Gasteiger partial charge < -0.3 is 10.2 Å². The smallest absolute Gasteiger partial charge is 0.244 e. The Hall–Kier alpha value is -2.54. The van der Waals surface area contributed by atoms with Crippen LogP contribution >= 0.6 is 11.6 Å². The molecule has 0 aromatic heterocycles. The Morgan fingerprint density at radius 1 is 1.07 bits per heavy atom. The fourth-order valence-corrected chi connectivity index (χ4v) is 2.88. The second-order valence-corrected chi connectivity index (χ2v) is 6.58. The predicted molar refractivity (Wildman–Crippen MR) is 102 cm³/mol. The number of hydrogen-bond donors (Lipinski definition) is 1. The van der Waals surface area contributed by atoms with Gasteiger partial charge in [0.25, 0.3) is 0 Å². The van der Waals surface area contributed by atoms with Crippen LogP contribution < -0.4 is 5.32 Å². The molecule has 0 aliphatic rings. The number of nitrogens with zero attached hydrogens (tertiary/aromatic N) is 1. The highest BCUT2D eigenvalue weighted by molar-refractivity contribution is 6.31. The molecule has 0 aliphatic heterocycles. The fraction of sp³-hybridized carbons (Fsp3) is 0.300. The van der Waals surface area contributed by atoms with E-state index in [9.17, 15) is 22.8 Å². The summed E-state index contributed by atoms with van der Waals surface area (Å²) in [6.07, 6.45) is 1.18. The molecule has 2 aromatic carbocycles. The first-order valence-electron chi connectivity index (χ1n) is 8.78. The van der Waals surface area contributed by atoms with Gasteiger partial charge in [-0.1, -0.05) is 36.7 Å². The second-order valence-electron chi connectivity index (χ2n) is 6.18. The van der Waals surface area contributed by atoms with E-state index in [4.69, 9.17) is 11.6 Å². The van der Waals surface area contributed by atoms with Crippen molar-refractivity contribution in [2.45, 2.75) is 26.2 Å². The molecule has 0 heterocycles. The fourth-order valence-electron chi connectivity index (χ4n) is 2.65. The minimum atomic E-state index is -1.67. The van der Waals surface area contributed by atoms with Gasteiger partial charge in [0.15, 0.2) is 17.5 Å². The van der Waals surface area contributed by atoms with Gasteiger partial charge >= 0.3 is 0 Å². The summed E-state index contributed by atoms with van der Waals surface area (Å²) >= 11 is 6.08. The normalized spacial score (nSPS) is 10.6. The monoisotopic (exact) mass is 412 g/mol.